The predicted molar refractivity (Wildman–Crippen MR) is 141 cm³/mol. The Kier molecular flexibility index (Phi) is 8.30. The summed E-state index contributed by atoms with van der Waals surface area (Å²) < 4.78 is 5.44. The number of amides is 1. The summed E-state index contributed by atoms with van der Waals surface area (Å²) in [6.45, 7) is 5.95. The van der Waals surface area contributed by atoms with E-state index in [0.717, 1.165) is 57.2 Å². The summed E-state index contributed by atoms with van der Waals surface area (Å²) in [6, 6.07) is 12.2. The largest absolute Gasteiger partial charge is 0.533 e. The fraction of sp³-hybridized carbons (Fsp3) is 0.357. The molecule has 0 fully saturated rings. The number of nitrogens with one attached hydrogen (secondary N) is 1. The lowest BCUT2D eigenvalue weighted by Gasteiger charge is -2.18. The minimum absolute atomic E-state index is 0.0214. The number of nitrogens with zero attached hydrogens (tertiary/aromatic N) is 4. The lowest BCUT2D eigenvalue weighted by molar-refractivity contribution is -0.166. The van der Waals surface area contributed by atoms with Crippen molar-refractivity contribution in [3.63, 3.8) is 0 Å². The van der Waals surface area contributed by atoms with Crippen molar-refractivity contribution >= 4 is 30.0 Å². The average Bonchev–Trinajstić information content (AvgIpc) is 3.17. The number of benzene rings is 2. The number of rotatable bonds is 9. The second kappa shape index (κ2) is 11.8. The molecule has 10 nitrogen and oxygen atoms in total. The average molecular weight is 518 g/mol. The predicted octanol–water partition coefficient (Wildman–Crippen LogP) is 4.80. The summed E-state index contributed by atoms with van der Waals surface area (Å²) in [7, 11) is 1.31. The Morgan fingerprint density at radius 1 is 1.05 bits per heavy atom. The number of fused-ring (bicyclic) bond motifs is 3. The van der Waals surface area contributed by atoms with Crippen LogP contribution in [-0.2, 0) is 25.6 Å². The molecule has 1 heterocycles. The molecule has 1 aliphatic rings. The number of carbonyl (C=O) groups excluding carboxylic acids is 3. The van der Waals surface area contributed by atoms with Crippen LogP contribution in [0.3, 0.4) is 0 Å². The van der Waals surface area contributed by atoms with Crippen molar-refractivity contribution in [1.82, 2.24) is 20.0 Å². The first-order valence-electron chi connectivity index (χ1n) is 12.6. The molecule has 1 unspecified atom stereocenters. The van der Waals surface area contributed by atoms with Crippen LogP contribution in [0.2, 0.25) is 0 Å². The van der Waals surface area contributed by atoms with Crippen LogP contribution in [0.15, 0.2) is 36.4 Å². The number of hydrogen-bond donors (Lipinski definition) is 1. The van der Waals surface area contributed by atoms with Gasteiger partial charge in [0.1, 0.15) is 24.5 Å². The van der Waals surface area contributed by atoms with Gasteiger partial charge in [0.05, 0.1) is 0 Å². The summed E-state index contributed by atoms with van der Waals surface area (Å²) in [5.74, 6) is 1.14. The highest BCUT2D eigenvalue weighted by Gasteiger charge is 2.31. The van der Waals surface area contributed by atoms with Crippen molar-refractivity contribution in [2.45, 2.75) is 52.4 Å². The summed E-state index contributed by atoms with van der Waals surface area (Å²) in [4.78, 5) is 53.1. The van der Waals surface area contributed by atoms with E-state index in [-0.39, 0.29) is 25.4 Å². The van der Waals surface area contributed by atoms with Gasteiger partial charge in [-0.15, -0.1) is 0 Å². The van der Waals surface area contributed by atoms with Crippen LogP contribution in [0.25, 0.3) is 11.1 Å². The lowest BCUT2D eigenvalue weighted by atomic mass is 9.96. The van der Waals surface area contributed by atoms with E-state index in [1.165, 1.54) is 7.05 Å². The van der Waals surface area contributed by atoms with E-state index >= 15 is 0 Å². The van der Waals surface area contributed by atoms with Gasteiger partial charge in [-0.05, 0) is 54.7 Å². The number of carbonyl (C=O) groups is 3. The molecule has 38 heavy (non-hydrogen) atoms. The fourth-order valence-electron chi connectivity index (χ4n) is 4.47. The zero-order chi connectivity index (χ0) is 27.2. The molecule has 1 aliphatic carbocycles. The molecule has 0 aliphatic heterocycles. The molecule has 198 valence electrons. The molecule has 0 radical (unpaired) electrons. The Bertz CT molecular complexity index is 1360. The zero-order valence-corrected chi connectivity index (χ0v) is 22.0. The molecule has 1 N–H and O–H groups in total. The van der Waals surface area contributed by atoms with Crippen LogP contribution in [0, 0.1) is 13.8 Å². The van der Waals surface area contributed by atoms with E-state index in [0.29, 0.717) is 18.1 Å². The number of hydrogen-bond acceptors (Lipinski definition) is 9. The Balaban J connectivity index is 1.54. The van der Waals surface area contributed by atoms with Gasteiger partial charge in [0.15, 0.2) is 0 Å². The smallest absolute Gasteiger partial charge is 0.432 e. The molecule has 0 saturated carbocycles. The van der Waals surface area contributed by atoms with Crippen LogP contribution in [-0.4, -0.2) is 52.0 Å². The van der Waals surface area contributed by atoms with Crippen molar-refractivity contribution in [2.24, 2.45) is 0 Å². The molecular formula is C28H31N5O5. The molecule has 3 aromatic rings. The highest BCUT2D eigenvalue weighted by Crippen LogP contribution is 2.46. The molecule has 10 heteroatoms. The van der Waals surface area contributed by atoms with Crippen molar-refractivity contribution in [3.8, 4) is 11.1 Å². The molecule has 0 bridgehead atoms. The van der Waals surface area contributed by atoms with Crippen molar-refractivity contribution < 1.29 is 24.0 Å². The summed E-state index contributed by atoms with van der Waals surface area (Å²) in [6.07, 6.45) is 1.35. The lowest BCUT2D eigenvalue weighted by Crippen LogP contribution is -2.30. The number of ether oxygens (including phenoxy) is 1. The first-order chi connectivity index (χ1) is 18.3. The van der Waals surface area contributed by atoms with Crippen LogP contribution in [0.4, 0.5) is 16.4 Å². The van der Waals surface area contributed by atoms with Crippen molar-refractivity contribution in [2.75, 3.05) is 19.0 Å². The van der Waals surface area contributed by atoms with Gasteiger partial charge in [-0.2, -0.15) is 15.0 Å². The van der Waals surface area contributed by atoms with Gasteiger partial charge in [0, 0.05) is 37.9 Å². The molecule has 0 saturated heterocycles. The maximum atomic E-state index is 12.4. The number of aldehydes is 1. The summed E-state index contributed by atoms with van der Waals surface area (Å²) in [5, 5.41) is 4.08. The number of aryl methyl sites for hydroxylation is 3. The second-order valence-corrected chi connectivity index (χ2v) is 9.19. The third-order valence-corrected chi connectivity index (χ3v) is 6.23. The Labute approximate surface area is 221 Å². The Morgan fingerprint density at radius 2 is 1.79 bits per heavy atom. The van der Waals surface area contributed by atoms with Gasteiger partial charge < -0.3 is 19.7 Å². The first kappa shape index (κ1) is 26.7. The molecule has 2 aromatic carbocycles. The topological polar surface area (TPSA) is 124 Å². The minimum atomic E-state index is -0.993. The molecule has 1 amide bonds. The third kappa shape index (κ3) is 6.13. The highest BCUT2D eigenvalue weighted by molar-refractivity contribution is 5.82. The zero-order valence-electron chi connectivity index (χ0n) is 22.0. The fourth-order valence-corrected chi connectivity index (χ4v) is 4.47. The summed E-state index contributed by atoms with van der Waals surface area (Å²) >= 11 is 0. The van der Waals surface area contributed by atoms with Crippen LogP contribution >= 0.6 is 0 Å². The maximum Gasteiger partial charge on any atom is 0.533 e. The second-order valence-electron chi connectivity index (χ2n) is 9.19. The monoisotopic (exact) mass is 517 g/mol. The normalized spacial score (nSPS) is 13.3. The molecule has 0 spiro atoms. The maximum absolute atomic E-state index is 12.4. The van der Waals surface area contributed by atoms with Gasteiger partial charge >= 0.3 is 6.16 Å². The van der Waals surface area contributed by atoms with Gasteiger partial charge in [-0.1, -0.05) is 36.8 Å². The quantitative estimate of drug-likeness (QED) is 0.242. The minimum Gasteiger partial charge on any atom is -0.432 e. The van der Waals surface area contributed by atoms with Crippen molar-refractivity contribution in [1.29, 1.82) is 0 Å². The number of aromatic nitrogens is 3. The van der Waals surface area contributed by atoms with E-state index in [9.17, 15) is 14.4 Å². The Morgan fingerprint density at radius 3 is 2.53 bits per heavy atom. The standard InChI is InChI=1S/C28H31N5O5/c1-5-7-25-29-18(3)30-27(32-25)31-19-10-12-21-20-11-9-17(2)14-22(20)24(23(21)15-19)16-37-28(36)38-33(4)26(35)8-6-13-34/h9-15,24H,5-8,16H2,1-4H3,(H,29,30,31,32). The molecule has 1 aromatic heterocycles. The van der Waals surface area contributed by atoms with E-state index < -0.39 is 12.1 Å². The first-order valence-corrected chi connectivity index (χ1v) is 12.6. The van der Waals surface area contributed by atoms with Crippen molar-refractivity contribution in [3.05, 3.63) is 64.7 Å². The van der Waals surface area contributed by atoms with E-state index in [1.54, 1.807) is 0 Å². The summed E-state index contributed by atoms with van der Waals surface area (Å²) in [5.41, 5.74) is 6.04. The molecule has 4 rings (SSSR count). The SMILES string of the molecule is CCCc1nc(C)nc(Nc2ccc3c(c2)C(COC(=O)ON(C)C(=O)CCC=O)c2cc(C)ccc2-3)n1. The van der Waals surface area contributed by atoms with Crippen LogP contribution < -0.4 is 5.32 Å². The van der Waals surface area contributed by atoms with E-state index in [4.69, 9.17) is 9.57 Å². The molecular weight excluding hydrogens is 486 g/mol. The van der Waals surface area contributed by atoms with Crippen LogP contribution in [0.5, 0.6) is 0 Å². The third-order valence-electron chi connectivity index (χ3n) is 6.23. The van der Waals surface area contributed by atoms with Gasteiger partial charge in [-0.25, -0.2) is 9.78 Å². The van der Waals surface area contributed by atoms with E-state index in [1.807, 2.05) is 32.0 Å². The number of hydroxylamine groups is 2. The number of anilines is 2. The van der Waals surface area contributed by atoms with E-state index in [2.05, 4.69) is 45.4 Å². The van der Waals surface area contributed by atoms with Gasteiger partial charge in [0.2, 0.25) is 5.95 Å². The van der Waals surface area contributed by atoms with Gasteiger partial charge in [0.25, 0.3) is 5.91 Å². The molecule has 1 atom stereocenters. The van der Waals surface area contributed by atoms with Crippen LogP contribution in [0.1, 0.15) is 60.4 Å². The Hall–Kier alpha value is -4.34. The van der Waals surface area contributed by atoms with Gasteiger partial charge in [-0.3, -0.25) is 4.79 Å². The highest BCUT2D eigenvalue weighted by atomic mass is 16.8.